The summed E-state index contributed by atoms with van der Waals surface area (Å²) in [5, 5.41) is 6.32. The minimum absolute atomic E-state index is 0.143. The molecule has 1 aromatic carbocycles. The first-order valence-corrected chi connectivity index (χ1v) is 11.2. The summed E-state index contributed by atoms with van der Waals surface area (Å²) in [6.07, 6.45) is 6.60. The van der Waals surface area contributed by atoms with Gasteiger partial charge in [0.25, 0.3) is 5.91 Å². The normalized spacial score (nSPS) is 13.9. The van der Waals surface area contributed by atoms with Crippen molar-refractivity contribution in [2.75, 3.05) is 6.54 Å². The standard InChI is InChI=1S/C23H24N4O2S/c28-23(25-17-7-8-17)21-15-29-22(26-21)14-27(13-18-4-3-11-30-18)10-9-16-12-24-20-6-2-1-5-19(16)20/h1-6,11-12,15,17,24H,7-10,13-14H2,(H,25,28). The summed E-state index contributed by atoms with van der Waals surface area (Å²) in [7, 11) is 0. The van der Waals surface area contributed by atoms with Crippen LogP contribution in [-0.4, -0.2) is 33.4 Å². The predicted octanol–water partition coefficient (Wildman–Crippen LogP) is 4.35. The number of fused-ring (bicyclic) bond motifs is 1. The summed E-state index contributed by atoms with van der Waals surface area (Å²) >= 11 is 1.75. The van der Waals surface area contributed by atoms with Crippen molar-refractivity contribution in [1.82, 2.24) is 20.2 Å². The van der Waals surface area contributed by atoms with E-state index in [2.05, 4.69) is 62.1 Å². The molecule has 1 fully saturated rings. The van der Waals surface area contributed by atoms with Crippen LogP contribution in [0.5, 0.6) is 0 Å². The van der Waals surface area contributed by atoms with E-state index in [-0.39, 0.29) is 5.91 Å². The largest absolute Gasteiger partial charge is 0.447 e. The summed E-state index contributed by atoms with van der Waals surface area (Å²) in [6, 6.07) is 12.9. The summed E-state index contributed by atoms with van der Waals surface area (Å²) < 4.78 is 5.63. The minimum Gasteiger partial charge on any atom is -0.447 e. The zero-order chi connectivity index (χ0) is 20.3. The van der Waals surface area contributed by atoms with Crippen LogP contribution >= 0.6 is 11.3 Å². The van der Waals surface area contributed by atoms with Crippen molar-refractivity contribution in [3.63, 3.8) is 0 Å². The molecular formula is C23H24N4O2S. The molecule has 6 nitrogen and oxygen atoms in total. The van der Waals surface area contributed by atoms with Crippen molar-refractivity contribution in [2.24, 2.45) is 0 Å². The van der Waals surface area contributed by atoms with Gasteiger partial charge in [-0.25, -0.2) is 4.98 Å². The van der Waals surface area contributed by atoms with Gasteiger partial charge in [-0.3, -0.25) is 9.69 Å². The second-order valence-corrected chi connectivity index (χ2v) is 8.81. The number of thiophene rings is 1. The molecule has 0 spiro atoms. The predicted molar refractivity (Wildman–Crippen MR) is 117 cm³/mol. The van der Waals surface area contributed by atoms with E-state index < -0.39 is 0 Å². The van der Waals surface area contributed by atoms with Gasteiger partial charge in [0, 0.05) is 41.1 Å². The van der Waals surface area contributed by atoms with Gasteiger partial charge in [-0.1, -0.05) is 24.3 Å². The van der Waals surface area contributed by atoms with Crippen molar-refractivity contribution in [2.45, 2.75) is 38.4 Å². The van der Waals surface area contributed by atoms with E-state index in [9.17, 15) is 4.79 Å². The van der Waals surface area contributed by atoms with Crippen LogP contribution in [0.15, 0.2) is 58.7 Å². The lowest BCUT2D eigenvalue weighted by Gasteiger charge is -2.20. The number of hydrogen-bond donors (Lipinski definition) is 2. The molecule has 3 heterocycles. The van der Waals surface area contributed by atoms with E-state index in [1.807, 2.05) is 6.07 Å². The van der Waals surface area contributed by atoms with Gasteiger partial charge in [0.15, 0.2) is 5.69 Å². The molecule has 0 bridgehead atoms. The van der Waals surface area contributed by atoms with E-state index in [0.717, 1.165) is 37.9 Å². The molecule has 0 atom stereocenters. The van der Waals surface area contributed by atoms with Crippen molar-refractivity contribution in [1.29, 1.82) is 0 Å². The van der Waals surface area contributed by atoms with Crippen molar-refractivity contribution in [3.8, 4) is 0 Å². The van der Waals surface area contributed by atoms with E-state index >= 15 is 0 Å². The Morgan fingerprint density at radius 1 is 1.23 bits per heavy atom. The topological polar surface area (TPSA) is 74.2 Å². The van der Waals surface area contributed by atoms with E-state index in [0.29, 0.717) is 24.2 Å². The number of aromatic amines is 1. The molecule has 1 aliphatic rings. The van der Waals surface area contributed by atoms with Crippen LogP contribution in [0.1, 0.15) is 39.7 Å². The number of hydrogen-bond acceptors (Lipinski definition) is 5. The molecule has 1 amide bonds. The third-order valence-electron chi connectivity index (χ3n) is 5.39. The van der Waals surface area contributed by atoms with Crippen LogP contribution in [0.4, 0.5) is 0 Å². The fourth-order valence-electron chi connectivity index (χ4n) is 3.62. The third kappa shape index (κ3) is 4.47. The first-order valence-electron chi connectivity index (χ1n) is 10.3. The minimum atomic E-state index is -0.143. The highest BCUT2D eigenvalue weighted by Crippen LogP contribution is 2.21. The number of aromatic nitrogens is 2. The van der Waals surface area contributed by atoms with Crippen molar-refractivity contribution in [3.05, 3.63) is 76.3 Å². The molecule has 3 aromatic heterocycles. The Balaban J connectivity index is 1.28. The monoisotopic (exact) mass is 420 g/mol. The Morgan fingerprint density at radius 2 is 2.13 bits per heavy atom. The number of oxazole rings is 1. The Kier molecular flexibility index (Phi) is 5.38. The fourth-order valence-corrected chi connectivity index (χ4v) is 4.37. The Morgan fingerprint density at radius 3 is 2.97 bits per heavy atom. The summed E-state index contributed by atoms with van der Waals surface area (Å²) in [5.74, 6) is 0.433. The Labute approximate surface area is 178 Å². The number of carbonyl (C=O) groups excluding carboxylic acids is 1. The summed E-state index contributed by atoms with van der Waals surface area (Å²) in [4.78, 5) is 23.6. The molecule has 1 aliphatic carbocycles. The molecule has 5 rings (SSSR count). The fraction of sp³-hybridized carbons (Fsp3) is 0.304. The number of nitrogens with one attached hydrogen (secondary N) is 2. The maximum absolute atomic E-state index is 12.2. The zero-order valence-corrected chi connectivity index (χ0v) is 17.5. The third-order valence-corrected chi connectivity index (χ3v) is 6.25. The quantitative estimate of drug-likeness (QED) is 0.422. The van der Waals surface area contributed by atoms with Gasteiger partial charge in [0.1, 0.15) is 6.26 Å². The number of carbonyl (C=O) groups is 1. The first kappa shape index (κ1) is 19.1. The van der Waals surface area contributed by atoms with Crippen molar-refractivity contribution < 1.29 is 9.21 Å². The Bertz CT molecular complexity index is 1130. The van der Waals surface area contributed by atoms with Crippen LogP contribution < -0.4 is 5.32 Å². The first-order chi connectivity index (χ1) is 14.7. The van der Waals surface area contributed by atoms with Gasteiger partial charge in [-0.15, -0.1) is 11.3 Å². The van der Waals surface area contributed by atoms with Crippen LogP contribution in [0.3, 0.4) is 0 Å². The summed E-state index contributed by atoms with van der Waals surface area (Å²) in [6.45, 7) is 2.26. The van der Waals surface area contributed by atoms with Gasteiger partial charge in [0.05, 0.1) is 6.54 Å². The molecule has 2 N–H and O–H groups in total. The number of nitrogens with zero attached hydrogens (tertiary/aromatic N) is 2. The van der Waals surface area contributed by atoms with E-state index in [4.69, 9.17) is 4.42 Å². The molecule has 0 aliphatic heterocycles. The van der Waals surface area contributed by atoms with Crippen LogP contribution in [-0.2, 0) is 19.5 Å². The molecule has 4 aromatic rings. The lowest BCUT2D eigenvalue weighted by Crippen LogP contribution is -2.26. The highest BCUT2D eigenvalue weighted by Gasteiger charge is 2.25. The number of H-pyrrole nitrogens is 1. The molecule has 1 saturated carbocycles. The highest BCUT2D eigenvalue weighted by atomic mass is 32.1. The smallest absolute Gasteiger partial charge is 0.273 e. The van der Waals surface area contributed by atoms with E-state index in [1.165, 1.54) is 22.1 Å². The van der Waals surface area contributed by atoms with Crippen LogP contribution in [0.25, 0.3) is 10.9 Å². The molecule has 0 unspecified atom stereocenters. The van der Waals surface area contributed by atoms with Gasteiger partial charge >= 0.3 is 0 Å². The molecule has 0 saturated heterocycles. The lowest BCUT2D eigenvalue weighted by atomic mass is 10.1. The zero-order valence-electron chi connectivity index (χ0n) is 16.6. The summed E-state index contributed by atoms with van der Waals surface area (Å²) in [5.41, 5.74) is 2.83. The average Bonchev–Trinajstić information content (AvgIpc) is 3.16. The van der Waals surface area contributed by atoms with Crippen LogP contribution in [0, 0.1) is 0 Å². The van der Waals surface area contributed by atoms with Crippen LogP contribution in [0.2, 0.25) is 0 Å². The highest BCUT2D eigenvalue weighted by molar-refractivity contribution is 7.09. The Hall–Kier alpha value is -2.90. The second kappa shape index (κ2) is 8.45. The van der Waals surface area contributed by atoms with Crippen molar-refractivity contribution >= 4 is 28.1 Å². The molecular weight excluding hydrogens is 396 g/mol. The number of amides is 1. The molecule has 30 heavy (non-hydrogen) atoms. The second-order valence-electron chi connectivity index (χ2n) is 7.77. The van der Waals surface area contributed by atoms with Gasteiger partial charge in [0.2, 0.25) is 5.89 Å². The number of para-hydroxylation sites is 1. The maximum Gasteiger partial charge on any atom is 0.273 e. The molecule has 0 radical (unpaired) electrons. The lowest BCUT2D eigenvalue weighted by molar-refractivity contribution is 0.0946. The number of rotatable bonds is 9. The maximum atomic E-state index is 12.2. The van der Waals surface area contributed by atoms with Gasteiger partial charge in [-0.05, 0) is 42.3 Å². The van der Waals surface area contributed by atoms with Gasteiger partial charge < -0.3 is 14.7 Å². The molecule has 7 heteroatoms. The average molecular weight is 421 g/mol. The SMILES string of the molecule is O=C(NC1CC1)c1coc(CN(CCc2c[nH]c3ccccc23)Cc2cccs2)n1. The van der Waals surface area contributed by atoms with E-state index in [1.54, 1.807) is 11.3 Å². The van der Waals surface area contributed by atoms with Gasteiger partial charge in [-0.2, -0.15) is 0 Å². The molecule has 154 valence electrons. The number of benzene rings is 1.